The minimum atomic E-state index is -3.44. The molecule has 0 saturated carbocycles. The summed E-state index contributed by atoms with van der Waals surface area (Å²) in [5, 5.41) is 12.6. The first-order valence-corrected chi connectivity index (χ1v) is 8.75. The third-order valence-corrected chi connectivity index (χ3v) is 5.36. The van der Waals surface area contributed by atoms with E-state index in [0.717, 1.165) is 0 Å². The highest BCUT2D eigenvalue weighted by atomic mass is 32.2. The fourth-order valence-electron chi connectivity index (χ4n) is 1.82. The Labute approximate surface area is 126 Å². The molecule has 2 N–H and O–H groups in total. The Hall–Kier alpha value is -1.40. The molecule has 0 atom stereocenters. The van der Waals surface area contributed by atoms with Crippen molar-refractivity contribution < 1.29 is 18.3 Å². The molecule has 1 aromatic rings. The number of hydrogen-bond donors (Lipinski definition) is 2. The molecule has 6 heteroatoms. The Morgan fingerprint density at radius 2 is 1.76 bits per heavy atom. The first kappa shape index (κ1) is 17.7. The number of amides is 1. The molecular formula is C15H23NO4S. The second kappa shape index (κ2) is 7.56. The molecule has 0 aliphatic heterocycles. The van der Waals surface area contributed by atoms with Crippen LogP contribution in [0.4, 0.5) is 0 Å². The zero-order valence-electron chi connectivity index (χ0n) is 12.5. The lowest BCUT2D eigenvalue weighted by molar-refractivity contribution is -0.122. The molecule has 1 amide bonds. The van der Waals surface area contributed by atoms with Crippen molar-refractivity contribution in [1.29, 1.82) is 0 Å². The van der Waals surface area contributed by atoms with Gasteiger partial charge in [-0.05, 0) is 25.0 Å². The smallest absolute Gasteiger partial charge is 0.221 e. The third-order valence-electron chi connectivity index (χ3n) is 3.63. The van der Waals surface area contributed by atoms with E-state index in [1.165, 1.54) is 12.1 Å². The maximum atomic E-state index is 12.0. The summed E-state index contributed by atoms with van der Waals surface area (Å²) in [6.07, 6.45) is 0.957. The normalized spacial score (nSPS) is 12.1. The molecule has 118 valence electrons. The fourth-order valence-corrected chi connectivity index (χ4v) is 3.09. The van der Waals surface area contributed by atoms with Gasteiger partial charge in [0.25, 0.3) is 0 Å². The number of rotatable bonds is 8. The van der Waals surface area contributed by atoms with Crippen LogP contribution in [-0.4, -0.2) is 37.3 Å². The Kier molecular flexibility index (Phi) is 6.36. The van der Waals surface area contributed by atoms with E-state index in [2.05, 4.69) is 5.32 Å². The molecule has 5 nitrogen and oxygen atoms in total. The van der Waals surface area contributed by atoms with E-state index >= 15 is 0 Å². The van der Waals surface area contributed by atoms with Crippen molar-refractivity contribution in [3.05, 3.63) is 30.3 Å². The number of carbonyl (C=O) groups excluding carboxylic acids is 1. The molecule has 0 aliphatic carbocycles. The van der Waals surface area contributed by atoms with Gasteiger partial charge in [0, 0.05) is 13.0 Å². The predicted molar refractivity (Wildman–Crippen MR) is 81.7 cm³/mol. The third kappa shape index (κ3) is 5.47. The van der Waals surface area contributed by atoms with Gasteiger partial charge in [0.2, 0.25) is 5.91 Å². The van der Waals surface area contributed by atoms with E-state index in [-0.39, 0.29) is 29.5 Å². The predicted octanol–water partition coefficient (Wildman–Crippen LogP) is 1.52. The summed E-state index contributed by atoms with van der Waals surface area (Å²) >= 11 is 0. The molecule has 0 aromatic heterocycles. The van der Waals surface area contributed by atoms with Crippen LogP contribution in [0.5, 0.6) is 0 Å². The van der Waals surface area contributed by atoms with Crippen LogP contribution in [0.25, 0.3) is 0 Å². The molecule has 1 aromatic carbocycles. The van der Waals surface area contributed by atoms with Crippen LogP contribution < -0.4 is 5.32 Å². The molecule has 0 bridgehead atoms. The van der Waals surface area contributed by atoms with Gasteiger partial charge < -0.3 is 10.4 Å². The monoisotopic (exact) mass is 313 g/mol. The summed E-state index contributed by atoms with van der Waals surface area (Å²) in [5.74, 6) is -0.602. The number of nitrogens with one attached hydrogen (secondary N) is 1. The zero-order valence-corrected chi connectivity index (χ0v) is 13.3. The SMILES string of the molecule is CCC(O)(CC)CNC(=O)CCS(=O)(=O)c1ccccc1. The molecule has 0 fully saturated rings. The van der Waals surface area contributed by atoms with Crippen molar-refractivity contribution >= 4 is 15.7 Å². The molecule has 0 heterocycles. The highest BCUT2D eigenvalue weighted by molar-refractivity contribution is 7.91. The Morgan fingerprint density at radius 3 is 2.29 bits per heavy atom. The minimum Gasteiger partial charge on any atom is -0.388 e. The van der Waals surface area contributed by atoms with Gasteiger partial charge >= 0.3 is 0 Å². The Morgan fingerprint density at radius 1 is 1.19 bits per heavy atom. The van der Waals surface area contributed by atoms with E-state index in [1.54, 1.807) is 18.2 Å². The van der Waals surface area contributed by atoms with Crippen LogP contribution in [0.3, 0.4) is 0 Å². The van der Waals surface area contributed by atoms with Crippen LogP contribution in [0.2, 0.25) is 0 Å². The summed E-state index contributed by atoms with van der Waals surface area (Å²) in [6.45, 7) is 3.83. The first-order chi connectivity index (χ1) is 9.83. The van der Waals surface area contributed by atoms with Crippen LogP contribution in [0.15, 0.2) is 35.2 Å². The average molecular weight is 313 g/mol. The minimum absolute atomic E-state index is 0.110. The second-order valence-corrected chi connectivity index (χ2v) is 7.20. The van der Waals surface area contributed by atoms with Crippen LogP contribution in [-0.2, 0) is 14.6 Å². The lowest BCUT2D eigenvalue weighted by Crippen LogP contribution is -2.42. The van der Waals surface area contributed by atoms with E-state index in [9.17, 15) is 18.3 Å². The number of sulfone groups is 1. The van der Waals surface area contributed by atoms with Crippen molar-refractivity contribution in [1.82, 2.24) is 5.32 Å². The molecule has 0 aliphatic rings. The standard InChI is InChI=1S/C15H23NO4S/c1-3-15(18,4-2)12-16-14(17)10-11-21(19,20)13-8-6-5-7-9-13/h5-9,18H,3-4,10-12H2,1-2H3,(H,16,17). The zero-order chi connectivity index (χ0) is 15.9. The van der Waals surface area contributed by atoms with Gasteiger partial charge in [0.05, 0.1) is 16.2 Å². The summed E-state index contributed by atoms with van der Waals surface area (Å²) in [5.41, 5.74) is -0.923. The number of aliphatic hydroxyl groups is 1. The molecule has 1 rings (SSSR count). The summed E-state index contributed by atoms with van der Waals surface area (Å²) < 4.78 is 24.0. The number of hydrogen-bond acceptors (Lipinski definition) is 4. The van der Waals surface area contributed by atoms with Crippen molar-refractivity contribution in [3.8, 4) is 0 Å². The molecule has 21 heavy (non-hydrogen) atoms. The van der Waals surface area contributed by atoms with Gasteiger partial charge in [-0.1, -0.05) is 32.0 Å². The average Bonchev–Trinajstić information content (AvgIpc) is 2.51. The van der Waals surface area contributed by atoms with Gasteiger partial charge in [-0.3, -0.25) is 4.79 Å². The quantitative estimate of drug-likeness (QED) is 0.762. The molecule has 0 radical (unpaired) electrons. The highest BCUT2D eigenvalue weighted by Crippen LogP contribution is 2.13. The molecule has 0 unspecified atom stereocenters. The van der Waals surface area contributed by atoms with Crippen molar-refractivity contribution in [2.24, 2.45) is 0 Å². The Bertz CT molecular complexity index is 550. The molecular weight excluding hydrogens is 290 g/mol. The van der Waals surface area contributed by atoms with Gasteiger partial charge in [0.15, 0.2) is 9.84 Å². The maximum absolute atomic E-state index is 12.0. The highest BCUT2D eigenvalue weighted by Gasteiger charge is 2.23. The summed E-state index contributed by atoms with van der Waals surface area (Å²) in [6, 6.07) is 8.06. The van der Waals surface area contributed by atoms with Crippen LogP contribution >= 0.6 is 0 Å². The topological polar surface area (TPSA) is 83.5 Å². The van der Waals surface area contributed by atoms with Crippen LogP contribution in [0.1, 0.15) is 33.1 Å². The summed E-state index contributed by atoms with van der Waals surface area (Å²) in [7, 11) is -3.44. The first-order valence-electron chi connectivity index (χ1n) is 7.10. The fraction of sp³-hybridized carbons (Fsp3) is 0.533. The van der Waals surface area contributed by atoms with Gasteiger partial charge in [-0.25, -0.2) is 8.42 Å². The molecule has 0 saturated heterocycles. The van der Waals surface area contributed by atoms with Crippen molar-refractivity contribution in [3.63, 3.8) is 0 Å². The second-order valence-electron chi connectivity index (χ2n) is 5.09. The Balaban J connectivity index is 2.50. The number of benzene rings is 1. The van der Waals surface area contributed by atoms with Gasteiger partial charge in [-0.2, -0.15) is 0 Å². The maximum Gasteiger partial charge on any atom is 0.221 e. The van der Waals surface area contributed by atoms with E-state index < -0.39 is 15.4 Å². The van der Waals surface area contributed by atoms with Crippen molar-refractivity contribution in [2.75, 3.05) is 12.3 Å². The summed E-state index contributed by atoms with van der Waals surface area (Å²) in [4.78, 5) is 11.9. The number of carbonyl (C=O) groups is 1. The van der Waals surface area contributed by atoms with Gasteiger partial charge in [0.1, 0.15) is 0 Å². The van der Waals surface area contributed by atoms with Gasteiger partial charge in [-0.15, -0.1) is 0 Å². The van der Waals surface area contributed by atoms with E-state index in [1.807, 2.05) is 13.8 Å². The van der Waals surface area contributed by atoms with E-state index in [0.29, 0.717) is 12.8 Å². The van der Waals surface area contributed by atoms with E-state index in [4.69, 9.17) is 0 Å². The lowest BCUT2D eigenvalue weighted by Gasteiger charge is -2.25. The van der Waals surface area contributed by atoms with Crippen LogP contribution in [0, 0.1) is 0 Å². The largest absolute Gasteiger partial charge is 0.388 e. The lowest BCUT2D eigenvalue weighted by atomic mass is 9.97. The molecule has 0 spiro atoms. The van der Waals surface area contributed by atoms with Crippen molar-refractivity contribution in [2.45, 2.75) is 43.6 Å².